The topological polar surface area (TPSA) is 38.2 Å². The zero-order valence-corrected chi connectivity index (χ0v) is 13.3. The SMILES string of the molecule is CCC(C)N(C)c1cc(COC)nc(C(C)(C)C)n1. The Balaban J connectivity index is 3.20. The minimum atomic E-state index is -0.0607. The number of rotatable bonds is 5. The van der Waals surface area contributed by atoms with E-state index in [2.05, 4.69) is 51.6 Å². The molecular weight excluding hydrogens is 238 g/mol. The third-order valence-corrected chi connectivity index (χ3v) is 3.34. The summed E-state index contributed by atoms with van der Waals surface area (Å²) in [4.78, 5) is 11.5. The Labute approximate surface area is 117 Å². The Morgan fingerprint density at radius 1 is 1.32 bits per heavy atom. The van der Waals surface area contributed by atoms with Gasteiger partial charge < -0.3 is 9.64 Å². The molecule has 4 heteroatoms. The maximum absolute atomic E-state index is 5.21. The standard InChI is InChI=1S/C15H27N3O/c1-8-11(2)18(6)13-9-12(10-19-7)16-14(17-13)15(3,4)5/h9,11H,8,10H2,1-7H3. The third-order valence-electron chi connectivity index (χ3n) is 3.34. The normalized spacial score (nSPS) is 13.4. The van der Waals surface area contributed by atoms with Crippen molar-refractivity contribution < 1.29 is 4.74 Å². The molecule has 0 bridgehead atoms. The highest BCUT2D eigenvalue weighted by molar-refractivity contribution is 5.40. The molecule has 0 fully saturated rings. The molecule has 0 N–H and O–H groups in total. The average Bonchev–Trinajstić information content (AvgIpc) is 2.36. The Kier molecular flexibility index (Phi) is 5.29. The summed E-state index contributed by atoms with van der Waals surface area (Å²) in [5, 5.41) is 0. The van der Waals surface area contributed by atoms with Gasteiger partial charge in [-0.25, -0.2) is 9.97 Å². The lowest BCUT2D eigenvalue weighted by Crippen LogP contribution is -2.30. The van der Waals surface area contributed by atoms with Gasteiger partial charge in [0.1, 0.15) is 11.6 Å². The van der Waals surface area contributed by atoms with E-state index in [9.17, 15) is 0 Å². The summed E-state index contributed by atoms with van der Waals surface area (Å²) >= 11 is 0. The van der Waals surface area contributed by atoms with Crippen molar-refractivity contribution in [2.45, 2.75) is 59.1 Å². The van der Waals surface area contributed by atoms with E-state index in [0.717, 1.165) is 23.8 Å². The van der Waals surface area contributed by atoms with Gasteiger partial charge in [0.15, 0.2) is 0 Å². The Bertz CT molecular complexity index is 412. The first-order valence-corrected chi connectivity index (χ1v) is 6.89. The zero-order valence-electron chi connectivity index (χ0n) is 13.3. The number of nitrogens with zero attached hydrogens (tertiary/aromatic N) is 3. The molecule has 0 amide bonds. The van der Waals surface area contributed by atoms with Crippen molar-refractivity contribution in [3.63, 3.8) is 0 Å². The molecule has 1 aromatic rings. The molecule has 0 aliphatic carbocycles. The van der Waals surface area contributed by atoms with Crippen molar-refractivity contribution in [3.8, 4) is 0 Å². The maximum atomic E-state index is 5.21. The lowest BCUT2D eigenvalue weighted by atomic mass is 9.95. The van der Waals surface area contributed by atoms with E-state index in [4.69, 9.17) is 9.72 Å². The number of methoxy groups -OCH3 is 1. The summed E-state index contributed by atoms with van der Waals surface area (Å²) in [6.07, 6.45) is 1.09. The van der Waals surface area contributed by atoms with Crippen LogP contribution in [0.15, 0.2) is 6.07 Å². The molecule has 1 heterocycles. The van der Waals surface area contributed by atoms with Gasteiger partial charge in [-0.3, -0.25) is 0 Å². The van der Waals surface area contributed by atoms with Crippen LogP contribution >= 0.6 is 0 Å². The summed E-state index contributed by atoms with van der Waals surface area (Å²) in [5.41, 5.74) is 0.877. The van der Waals surface area contributed by atoms with Gasteiger partial charge in [-0.2, -0.15) is 0 Å². The predicted molar refractivity (Wildman–Crippen MR) is 79.6 cm³/mol. The third kappa shape index (κ3) is 4.16. The highest BCUT2D eigenvalue weighted by Gasteiger charge is 2.21. The lowest BCUT2D eigenvalue weighted by Gasteiger charge is -2.27. The van der Waals surface area contributed by atoms with Gasteiger partial charge in [0.25, 0.3) is 0 Å². The molecule has 0 radical (unpaired) electrons. The van der Waals surface area contributed by atoms with Crippen LogP contribution in [-0.2, 0) is 16.8 Å². The second-order valence-electron chi connectivity index (χ2n) is 6.09. The van der Waals surface area contributed by atoms with E-state index in [1.165, 1.54) is 0 Å². The fourth-order valence-electron chi connectivity index (χ4n) is 1.72. The van der Waals surface area contributed by atoms with Crippen molar-refractivity contribution in [2.75, 3.05) is 19.1 Å². The molecule has 0 spiro atoms. The predicted octanol–water partition coefficient (Wildman–Crippen LogP) is 3.16. The first-order chi connectivity index (χ1) is 8.79. The van der Waals surface area contributed by atoms with Gasteiger partial charge in [0.05, 0.1) is 12.3 Å². The summed E-state index contributed by atoms with van der Waals surface area (Å²) < 4.78 is 5.21. The van der Waals surface area contributed by atoms with Gasteiger partial charge in [0, 0.05) is 31.7 Å². The Morgan fingerprint density at radius 2 is 1.95 bits per heavy atom. The Morgan fingerprint density at radius 3 is 2.42 bits per heavy atom. The van der Waals surface area contributed by atoms with Crippen LogP contribution in [0.25, 0.3) is 0 Å². The first-order valence-electron chi connectivity index (χ1n) is 6.89. The van der Waals surface area contributed by atoms with Crippen molar-refractivity contribution in [1.82, 2.24) is 9.97 Å². The molecule has 0 saturated carbocycles. The molecule has 1 unspecified atom stereocenters. The van der Waals surface area contributed by atoms with Crippen LogP contribution < -0.4 is 4.90 Å². The minimum absolute atomic E-state index is 0.0607. The molecule has 0 saturated heterocycles. The van der Waals surface area contributed by atoms with Gasteiger partial charge in [-0.1, -0.05) is 27.7 Å². The molecule has 108 valence electrons. The van der Waals surface area contributed by atoms with Crippen LogP contribution in [-0.4, -0.2) is 30.2 Å². The molecule has 0 aliphatic rings. The zero-order chi connectivity index (χ0) is 14.6. The molecule has 1 rings (SSSR count). The number of ether oxygens (including phenoxy) is 1. The van der Waals surface area contributed by atoms with Crippen LogP contribution in [0.4, 0.5) is 5.82 Å². The van der Waals surface area contributed by atoms with E-state index in [-0.39, 0.29) is 5.41 Å². The van der Waals surface area contributed by atoms with Crippen LogP contribution in [0.5, 0.6) is 0 Å². The average molecular weight is 265 g/mol. The van der Waals surface area contributed by atoms with E-state index in [1.807, 2.05) is 6.07 Å². The van der Waals surface area contributed by atoms with Crippen LogP contribution in [0, 0.1) is 0 Å². The molecule has 1 atom stereocenters. The van der Waals surface area contributed by atoms with Crippen LogP contribution in [0.3, 0.4) is 0 Å². The van der Waals surface area contributed by atoms with E-state index >= 15 is 0 Å². The Hall–Kier alpha value is -1.16. The molecule has 1 aromatic heterocycles. The summed E-state index contributed by atoms with van der Waals surface area (Å²) in [7, 11) is 3.77. The molecule has 0 aliphatic heterocycles. The van der Waals surface area contributed by atoms with E-state index in [0.29, 0.717) is 12.6 Å². The fraction of sp³-hybridized carbons (Fsp3) is 0.733. The summed E-state index contributed by atoms with van der Waals surface area (Å²) in [6, 6.07) is 2.48. The van der Waals surface area contributed by atoms with Gasteiger partial charge >= 0.3 is 0 Å². The second-order valence-corrected chi connectivity index (χ2v) is 6.09. The first kappa shape index (κ1) is 15.9. The highest BCUT2D eigenvalue weighted by Crippen LogP contribution is 2.23. The summed E-state index contributed by atoms with van der Waals surface area (Å²) in [6.45, 7) is 11.3. The quantitative estimate of drug-likeness (QED) is 0.819. The lowest BCUT2D eigenvalue weighted by molar-refractivity contribution is 0.181. The van der Waals surface area contributed by atoms with Gasteiger partial charge in [0.2, 0.25) is 0 Å². The summed E-state index contributed by atoms with van der Waals surface area (Å²) in [5.74, 6) is 1.84. The molecular formula is C15H27N3O. The monoisotopic (exact) mass is 265 g/mol. The molecule has 4 nitrogen and oxygen atoms in total. The van der Waals surface area contributed by atoms with Gasteiger partial charge in [-0.05, 0) is 13.3 Å². The number of aromatic nitrogens is 2. The van der Waals surface area contributed by atoms with E-state index < -0.39 is 0 Å². The minimum Gasteiger partial charge on any atom is -0.378 e. The second kappa shape index (κ2) is 6.33. The van der Waals surface area contributed by atoms with Crippen molar-refractivity contribution >= 4 is 5.82 Å². The van der Waals surface area contributed by atoms with Crippen LogP contribution in [0.1, 0.15) is 52.6 Å². The highest BCUT2D eigenvalue weighted by atomic mass is 16.5. The fourth-order valence-corrected chi connectivity index (χ4v) is 1.72. The number of anilines is 1. The molecule has 19 heavy (non-hydrogen) atoms. The number of hydrogen-bond acceptors (Lipinski definition) is 4. The smallest absolute Gasteiger partial charge is 0.136 e. The van der Waals surface area contributed by atoms with Crippen LogP contribution in [0.2, 0.25) is 0 Å². The van der Waals surface area contributed by atoms with Crippen molar-refractivity contribution in [1.29, 1.82) is 0 Å². The van der Waals surface area contributed by atoms with Gasteiger partial charge in [-0.15, -0.1) is 0 Å². The van der Waals surface area contributed by atoms with Crippen molar-refractivity contribution in [2.24, 2.45) is 0 Å². The molecule has 0 aromatic carbocycles. The maximum Gasteiger partial charge on any atom is 0.136 e. The number of hydrogen-bond donors (Lipinski definition) is 0. The van der Waals surface area contributed by atoms with E-state index in [1.54, 1.807) is 7.11 Å². The largest absolute Gasteiger partial charge is 0.378 e. The van der Waals surface area contributed by atoms with Crippen molar-refractivity contribution in [3.05, 3.63) is 17.6 Å².